The highest BCUT2D eigenvalue weighted by Crippen LogP contribution is 2.43. The van der Waals surface area contributed by atoms with Gasteiger partial charge in [-0.05, 0) is 54.6 Å². The second-order valence-corrected chi connectivity index (χ2v) is 7.85. The van der Waals surface area contributed by atoms with Crippen molar-refractivity contribution in [3.63, 3.8) is 0 Å². The van der Waals surface area contributed by atoms with E-state index < -0.39 is 17.7 Å². The maximum absolute atomic E-state index is 13.1. The number of methoxy groups -OCH3 is 1. The number of nitrogens with zero attached hydrogens (tertiary/aromatic N) is 2. The van der Waals surface area contributed by atoms with E-state index in [0.29, 0.717) is 27.8 Å². The SMILES string of the molecule is COc1cc(/C(O)=C2/C(=O)C(=O)N(c3ccc(N(C)C)cc3)C2c2ccco2)ccc1Cl. The van der Waals surface area contributed by atoms with Gasteiger partial charge in [-0.15, -0.1) is 0 Å². The molecule has 0 spiro atoms. The smallest absolute Gasteiger partial charge is 0.300 e. The largest absolute Gasteiger partial charge is 0.507 e. The standard InChI is InChI=1S/C24H21ClN2O5/c1-26(2)15-7-9-16(10-8-15)27-21(18-5-4-12-32-18)20(23(29)24(27)30)22(28)14-6-11-17(25)19(13-14)31-3/h4-13,21,28H,1-3H3/b22-20-. The van der Waals surface area contributed by atoms with E-state index in [1.807, 2.05) is 31.1 Å². The van der Waals surface area contributed by atoms with E-state index in [2.05, 4.69) is 0 Å². The molecule has 1 N–H and O–H groups in total. The van der Waals surface area contributed by atoms with Crippen molar-refractivity contribution in [3.05, 3.63) is 82.8 Å². The zero-order valence-electron chi connectivity index (χ0n) is 17.7. The molecule has 2 heterocycles. The third-order valence-electron chi connectivity index (χ3n) is 5.33. The molecule has 7 nitrogen and oxygen atoms in total. The molecule has 0 saturated carbocycles. The number of halogens is 1. The molecule has 1 amide bonds. The van der Waals surface area contributed by atoms with Crippen LogP contribution in [0.5, 0.6) is 5.75 Å². The first-order chi connectivity index (χ1) is 15.3. The van der Waals surface area contributed by atoms with Gasteiger partial charge in [0.05, 0.1) is 24.0 Å². The zero-order chi connectivity index (χ0) is 23.0. The molecule has 3 aromatic rings. The Hall–Kier alpha value is -3.71. The fourth-order valence-electron chi connectivity index (χ4n) is 3.69. The highest BCUT2D eigenvalue weighted by Gasteiger charge is 2.48. The van der Waals surface area contributed by atoms with Crippen molar-refractivity contribution in [2.24, 2.45) is 0 Å². The van der Waals surface area contributed by atoms with Gasteiger partial charge in [0.25, 0.3) is 11.7 Å². The van der Waals surface area contributed by atoms with Gasteiger partial charge in [-0.1, -0.05) is 11.6 Å². The molecule has 1 aliphatic heterocycles. The Morgan fingerprint density at radius 1 is 1.12 bits per heavy atom. The summed E-state index contributed by atoms with van der Waals surface area (Å²) < 4.78 is 10.8. The molecule has 2 aromatic carbocycles. The molecule has 0 aliphatic carbocycles. The lowest BCUT2D eigenvalue weighted by atomic mass is 9.99. The minimum Gasteiger partial charge on any atom is -0.507 e. The molecule has 1 fully saturated rings. The number of ketones is 1. The van der Waals surface area contributed by atoms with E-state index in [4.69, 9.17) is 20.8 Å². The first kappa shape index (κ1) is 21.5. The van der Waals surface area contributed by atoms with Crippen LogP contribution in [0.3, 0.4) is 0 Å². The van der Waals surface area contributed by atoms with E-state index in [1.54, 1.807) is 36.4 Å². The molecule has 8 heteroatoms. The second kappa shape index (κ2) is 8.43. The third-order valence-corrected chi connectivity index (χ3v) is 5.64. The normalized spacial score (nSPS) is 17.6. The van der Waals surface area contributed by atoms with E-state index in [9.17, 15) is 14.7 Å². The summed E-state index contributed by atoms with van der Waals surface area (Å²) in [6.45, 7) is 0. The van der Waals surface area contributed by atoms with Crippen molar-refractivity contribution in [1.29, 1.82) is 0 Å². The van der Waals surface area contributed by atoms with Gasteiger partial charge in [0.2, 0.25) is 0 Å². The predicted octanol–water partition coefficient (Wildman–Crippen LogP) is 4.63. The van der Waals surface area contributed by atoms with Gasteiger partial charge in [-0.2, -0.15) is 0 Å². The van der Waals surface area contributed by atoms with Gasteiger partial charge >= 0.3 is 0 Å². The van der Waals surface area contributed by atoms with Gasteiger partial charge in [-0.25, -0.2) is 0 Å². The Balaban J connectivity index is 1.88. The monoisotopic (exact) mass is 452 g/mol. The molecule has 1 aromatic heterocycles. The Kier molecular flexibility index (Phi) is 5.67. The number of furan rings is 1. The third kappa shape index (κ3) is 3.61. The van der Waals surface area contributed by atoms with E-state index >= 15 is 0 Å². The summed E-state index contributed by atoms with van der Waals surface area (Å²) in [5, 5.41) is 11.5. The Labute approximate surface area is 190 Å². The molecule has 1 atom stereocenters. The molecular weight excluding hydrogens is 432 g/mol. The number of carbonyl (C=O) groups excluding carboxylic acids is 2. The lowest BCUT2D eigenvalue weighted by Crippen LogP contribution is -2.29. The molecule has 1 aliphatic rings. The molecule has 1 saturated heterocycles. The quantitative estimate of drug-likeness (QED) is 0.345. The Morgan fingerprint density at radius 2 is 1.84 bits per heavy atom. The minimum atomic E-state index is -0.933. The topological polar surface area (TPSA) is 83.2 Å². The zero-order valence-corrected chi connectivity index (χ0v) is 18.5. The van der Waals surface area contributed by atoms with E-state index in [1.165, 1.54) is 24.3 Å². The molecule has 0 radical (unpaired) electrons. The fraction of sp³-hybridized carbons (Fsp3) is 0.167. The number of benzene rings is 2. The second-order valence-electron chi connectivity index (χ2n) is 7.44. The van der Waals surface area contributed by atoms with Gasteiger partial charge < -0.3 is 19.2 Å². The van der Waals surface area contributed by atoms with Crippen LogP contribution in [-0.4, -0.2) is 38.0 Å². The maximum Gasteiger partial charge on any atom is 0.300 e. The number of hydrogen-bond acceptors (Lipinski definition) is 6. The molecule has 0 bridgehead atoms. The van der Waals surface area contributed by atoms with Crippen LogP contribution in [-0.2, 0) is 9.59 Å². The molecule has 164 valence electrons. The van der Waals surface area contributed by atoms with Crippen LogP contribution < -0.4 is 14.5 Å². The number of ether oxygens (including phenoxy) is 1. The summed E-state index contributed by atoms with van der Waals surface area (Å²) >= 11 is 6.09. The number of aliphatic hydroxyl groups is 1. The van der Waals surface area contributed by atoms with E-state index in [-0.39, 0.29) is 11.3 Å². The summed E-state index contributed by atoms with van der Waals surface area (Å²) in [6, 6.07) is 14.2. The van der Waals surface area contributed by atoms with Crippen molar-refractivity contribution in [2.45, 2.75) is 6.04 Å². The number of rotatable bonds is 5. The minimum absolute atomic E-state index is 0.0778. The average molecular weight is 453 g/mol. The maximum atomic E-state index is 13.1. The van der Waals surface area contributed by atoms with Crippen molar-refractivity contribution in [3.8, 4) is 5.75 Å². The number of hydrogen-bond donors (Lipinski definition) is 1. The van der Waals surface area contributed by atoms with Gasteiger partial charge in [-0.3, -0.25) is 14.5 Å². The number of amides is 1. The van der Waals surface area contributed by atoms with Crippen LogP contribution in [0.4, 0.5) is 11.4 Å². The first-order valence-corrected chi connectivity index (χ1v) is 10.2. The fourth-order valence-corrected chi connectivity index (χ4v) is 3.88. The van der Waals surface area contributed by atoms with Crippen molar-refractivity contribution >= 4 is 40.4 Å². The first-order valence-electron chi connectivity index (χ1n) is 9.79. The Bertz CT molecular complexity index is 1200. The average Bonchev–Trinajstić information content (AvgIpc) is 3.41. The van der Waals surface area contributed by atoms with Crippen molar-refractivity contribution < 1.29 is 23.8 Å². The number of carbonyl (C=O) groups is 2. The Morgan fingerprint density at radius 3 is 2.44 bits per heavy atom. The predicted molar refractivity (Wildman–Crippen MR) is 122 cm³/mol. The lowest BCUT2D eigenvalue weighted by Gasteiger charge is -2.24. The van der Waals surface area contributed by atoms with E-state index in [0.717, 1.165) is 5.69 Å². The summed E-state index contributed by atoms with van der Waals surface area (Å²) in [4.78, 5) is 29.4. The number of aliphatic hydroxyl groups excluding tert-OH is 1. The summed E-state index contributed by atoms with van der Waals surface area (Å²) in [6.07, 6.45) is 1.45. The van der Waals surface area contributed by atoms with Crippen LogP contribution in [0.15, 0.2) is 70.9 Å². The van der Waals surface area contributed by atoms with Gasteiger partial charge in [0, 0.05) is 31.0 Å². The molecule has 1 unspecified atom stereocenters. The van der Waals surface area contributed by atoms with Crippen molar-refractivity contribution in [2.75, 3.05) is 31.0 Å². The van der Waals surface area contributed by atoms with Crippen LogP contribution in [0, 0.1) is 0 Å². The van der Waals surface area contributed by atoms with Crippen LogP contribution in [0.2, 0.25) is 5.02 Å². The number of Topliss-reactive ketones (excluding diaryl/α,β-unsaturated/α-hetero) is 1. The van der Waals surface area contributed by atoms with Crippen LogP contribution in [0.1, 0.15) is 17.4 Å². The van der Waals surface area contributed by atoms with Crippen LogP contribution >= 0.6 is 11.6 Å². The summed E-state index contributed by atoms with van der Waals surface area (Å²) in [5.74, 6) is -1.23. The molecular formula is C24H21ClN2O5. The van der Waals surface area contributed by atoms with Gasteiger partial charge in [0.1, 0.15) is 23.3 Å². The summed E-state index contributed by atoms with van der Waals surface area (Å²) in [5.41, 5.74) is 1.66. The highest BCUT2D eigenvalue weighted by atomic mass is 35.5. The van der Waals surface area contributed by atoms with Gasteiger partial charge in [0.15, 0.2) is 0 Å². The van der Waals surface area contributed by atoms with Crippen LogP contribution in [0.25, 0.3) is 5.76 Å². The number of anilines is 2. The lowest BCUT2D eigenvalue weighted by molar-refractivity contribution is -0.132. The molecule has 32 heavy (non-hydrogen) atoms. The van der Waals surface area contributed by atoms with Crippen molar-refractivity contribution in [1.82, 2.24) is 0 Å². The molecule has 4 rings (SSSR count). The highest BCUT2D eigenvalue weighted by molar-refractivity contribution is 6.51. The summed E-state index contributed by atoms with van der Waals surface area (Å²) in [7, 11) is 5.26.